The van der Waals surface area contributed by atoms with Crippen molar-refractivity contribution in [2.24, 2.45) is 0 Å². The molecule has 1 atom stereocenters. The fourth-order valence-electron chi connectivity index (χ4n) is 2.46. The Morgan fingerprint density at radius 2 is 1.52 bits per heavy atom. The van der Waals surface area contributed by atoms with Gasteiger partial charge in [-0.1, -0.05) is 46.4 Å². The lowest BCUT2D eigenvalue weighted by Crippen LogP contribution is -2.56. The molecular formula is C19H19Cl4N3O4S. The summed E-state index contributed by atoms with van der Waals surface area (Å²) >= 11 is 29.3. The number of rotatable bonds is 7. The van der Waals surface area contributed by atoms with E-state index in [4.69, 9.17) is 72.8 Å². The van der Waals surface area contributed by atoms with Crippen LogP contribution in [0.4, 0.5) is 5.69 Å². The average Bonchev–Trinajstić information content (AvgIpc) is 2.72. The number of halogens is 4. The molecule has 7 nitrogen and oxygen atoms in total. The minimum absolute atomic E-state index is 0.115. The summed E-state index contributed by atoms with van der Waals surface area (Å²) in [6.45, 7) is 0. The summed E-state index contributed by atoms with van der Waals surface area (Å²) in [6, 6.07) is 9.74. The lowest BCUT2D eigenvalue weighted by Gasteiger charge is -2.28. The minimum Gasteiger partial charge on any atom is -0.493 e. The zero-order chi connectivity index (χ0) is 23.2. The molecule has 3 N–H and O–H groups in total. The predicted octanol–water partition coefficient (Wildman–Crippen LogP) is 4.78. The molecule has 0 saturated carbocycles. The van der Waals surface area contributed by atoms with Gasteiger partial charge in [0.15, 0.2) is 16.6 Å². The number of ether oxygens (including phenoxy) is 3. The summed E-state index contributed by atoms with van der Waals surface area (Å²) in [4.78, 5) is 12.9. The molecule has 0 saturated heterocycles. The quantitative estimate of drug-likeness (QED) is 0.272. The molecule has 0 aliphatic carbocycles. The standard InChI is InChI=1S/C19H19Cl4N3O4S/c1-28-13-8-10(9-14(29-2)15(13)30-3)16(27)25-17(19(21,22)23)26-18(31)24-12-6-4-11(20)5-7-12/h4-9,17H,1-3H3,(H,25,27)(H2,24,26,31)/t17-/m1/s1. The monoisotopic (exact) mass is 525 g/mol. The van der Waals surface area contributed by atoms with E-state index in [0.717, 1.165) is 0 Å². The summed E-state index contributed by atoms with van der Waals surface area (Å²) in [7, 11) is 4.33. The first kappa shape index (κ1) is 25.4. The first-order valence-electron chi connectivity index (χ1n) is 8.59. The molecule has 12 heteroatoms. The van der Waals surface area contributed by atoms with Crippen LogP contribution in [0.25, 0.3) is 0 Å². The molecule has 31 heavy (non-hydrogen) atoms. The van der Waals surface area contributed by atoms with Crippen molar-refractivity contribution < 1.29 is 19.0 Å². The van der Waals surface area contributed by atoms with Gasteiger partial charge in [-0.25, -0.2) is 0 Å². The van der Waals surface area contributed by atoms with Crippen molar-refractivity contribution in [3.05, 3.63) is 47.0 Å². The van der Waals surface area contributed by atoms with Gasteiger partial charge in [0.2, 0.25) is 9.54 Å². The first-order valence-corrected chi connectivity index (χ1v) is 10.5. The molecule has 0 fully saturated rings. The lowest BCUT2D eigenvalue weighted by molar-refractivity contribution is 0.0933. The molecule has 0 bridgehead atoms. The number of methoxy groups -OCH3 is 3. The van der Waals surface area contributed by atoms with Crippen LogP contribution in [0.15, 0.2) is 36.4 Å². The zero-order valence-corrected chi connectivity index (χ0v) is 20.4. The van der Waals surface area contributed by atoms with E-state index in [9.17, 15) is 4.79 Å². The number of nitrogens with one attached hydrogen (secondary N) is 3. The summed E-state index contributed by atoms with van der Waals surface area (Å²) < 4.78 is 13.8. The van der Waals surface area contributed by atoms with Crippen molar-refractivity contribution in [2.45, 2.75) is 9.96 Å². The number of carbonyl (C=O) groups is 1. The van der Waals surface area contributed by atoms with E-state index < -0.39 is 15.9 Å². The molecule has 2 aromatic carbocycles. The van der Waals surface area contributed by atoms with Crippen molar-refractivity contribution in [3.63, 3.8) is 0 Å². The Morgan fingerprint density at radius 1 is 0.968 bits per heavy atom. The van der Waals surface area contributed by atoms with Gasteiger partial charge >= 0.3 is 0 Å². The molecule has 0 aliphatic heterocycles. The summed E-state index contributed by atoms with van der Waals surface area (Å²) in [5, 5.41) is 8.97. The number of carbonyl (C=O) groups excluding carboxylic acids is 1. The topological polar surface area (TPSA) is 80.9 Å². The second kappa shape index (κ2) is 11.2. The predicted molar refractivity (Wildman–Crippen MR) is 128 cm³/mol. The molecule has 0 spiro atoms. The number of alkyl halides is 3. The van der Waals surface area contributed by atoms with Crippen LogP contribution in [0.3, 0.4) is 0 Å². The van der Waals surface area contributed by atoms with Gasteiger partial charge in [0.1, 0.15) is 6.17 Å². The Balaban J connectivity index is 2.19. The van der Waals surface area contributed by atoms with Crippen LogP contribution in [-0.4, -0.2) is 42.3 Å². The number of hydrogen-bond acceptors (Lipinski definition) is 5. The van der Waals surface area contributed by atoms with E-state index in [1.807, 2.05) is 0 Å². The van der Waals surface area contributed by atoms with Crippen molar-refractivity contribution in [1.82, 2.24) is 10.6 Å². The molecule has 0 aromatic heterocycles. The van der Waals surface area contributed by atoms with Gasteiger partial charge in [-0.2, -0.15) is 0 Å². The third-order valence-corrected chi connectivity index (χ3v) is 5.03. The molecule has 2 aromatic rings. The van der Waals surface area contributed by atoms with E-state index in [-0.39, 0.29) is 10.7 Å². The van der Waals surface area contributed by atoms with E-state index in [2.05, 4.69) is 16.0 Å². The Bertz CT molecular complexity index is 914. The highest BCUT2D eigenvalue weighted by atomic mass is 35.6. The SMILES string of the molecule is COc1cc(C(=O)N[C@H](NC(=S)Nc2ccc(Cl)cc2)C(Cl)(Cl)Cl)cc(OC)c1OC. The van der Waals surface area contributed by atoms with Gasteiger partial charge in [0, 0.05) is 16.3 Å². The number of amides is 1. The van der Waals surface area contributed by atoms with Crippen LogP contribution < -0.4 is 30.2 Å². The van der Waals surface area contributed by atoms with E-state index in [1.165, 1.54) is 33.5 Å². The minimum atomic E-state index is -1.93. The highest BCUT2D eigenvalue weighted by Crippen LogP contribution is 2.38. The fraction of sp³-hybridized carbons (Fsp3) is 0.263. The van der Waals surface area contributed by atoms with Gasteiger partial charge in [-0.05, 0) is 48.6 Å². The van der Waals surface area contributed by atoms with Gasteiger partial charge in [-0.3, -0.25) is 4.79 Å². The van der Waals surface area contributed by atoms with Crippen molar-refractivity contribution in [2.75, 3.05) is 26.6 Å². The van der Waals surface area contributed by atoms with Gasteiger partial charge < -0.3 is 30.2 Å². The van der Waals surface area contributed by atoms with E-state index >= 15 is 0 Å². The van der Waals surface area contributed by atoms with Crippen LogP contribution in [0.5, 0.6) is 17.2 Å². The maximum absolute atomic E-state index is 12.9. The molecule has 0 aliphatic rings. The number of thiocarbonyl (C=S) groups is 1. The highest BCUT2D eigenvalue weighted by molar-refractivity contribution is 7.80. The van der Waals surface area contributed by atoms with Crippen LogP contribution in [0.1, 0.15) is 10.4 Å². The van der Waals surface area contributed by atoms with Crippen LogP contribution >= 0.6 is 58.6 Å². The smallest absolute Gasteiger partial charge is 0.253 e. The normalized spacial score (nSPS) is 11.8. The van der Waals surface area contributed by atoms with Gasteiger partial charge in [-0.15, -0.1) is 0 Å². The fourth-order valence-corrected chi connectivity index (χ4v) is 3.15. The Morgan fingerprint density at radius 3 is 1.97 bits per heavy atom. The van der Waals surface area contributed by atoms with Crippen LogP contribution in [0.2, 0.25) is 5.02 Å². The molecule has 0 radical (unpaired) electrons. The molecular weight excluding hydrogens is 508 g/mol. The number of anilines is 1. The molecule has 0 unspecified atom stereocenters. The molecule has 0 heterocycles. The summed E-state index contributed by atoms with van der Waals surface area (Å²) in [5.41, 5.74) is 0.841. The molecule has 2 rings (SSSR count). The van der Waals surface area contributed by atoms with Crippen molar-refractivity contribution in [3.8, 4) is 17.2 Å². The summed E-state index contributed by atoms with van der Waals surface area (Å²) in [6.07, 6.45) is -1.17. The second-order valence-corrected chi connectivity index (χ2v) is 9.18. The Labute approximate surface area is 205 Å². The first-order chi connectivity index (χ1) is 14.6. The van der Waals surface area contributed by atoms with Crippen LogP contribution in [0, 0.1) is 0 Å². The number of benzene rings is 2. The maximum Gasteiger partial charge on any atom is 0.253 e. The van der Waals surface area contributed by atoms with E-state index in [1.54, 1.807) is 24.3 Å². The summed E-state index contributed by atoms with van der Waals surface area (Å²) in [5.74, 6) is 0.360. The third-order valence-electron chi connectivity index (χ3n) is 3.91. The van der Waals surface area contributed by atoms with Gasteiger partial charge in [0.25, 0.3) is 5.91 Å². The van der Waals surface area contributed by atoms with Gasteiger partial charge in [0.05, 0.1) is 21.3 Å². The Hall–Kier alpha value is -1.84. The Kier molecular flexibility index (Phi) is 9.14. The van der Waals surface area contributed by atoms with Crippen LogP contribution in [-0.2, 0) is 0 Å². The highest BCUT2D eigenvalue weighted by Gasteiger charge is 2.35. The number of hydrogen-bond donors (Lipinski definition) is 3. The van der Waals surface area contributed by atoms with Crippen molar-refractivity contribution in [1.29, 1.82) is 0 Å². The molecule has 1 amide bonds. The lowest BCUT2D eigenvalue weighted by atomic mass is 10.1. The van der Waals surface area contributed by atoms with E-state index in [0.29, 0.717) is 28.0 Å². The maximum atomic E-state index is 12.9. The zero-order valence-electron chi connectivity index (χ0n) is 16.6. The molecule has 168 valence electrons. The van der Waals surface area contributed by atoms with Crippen molar-refractivity contribution >= 4 is 75.3 Å². The largest absolute Gasteiger partial charge is 0.493 e. The second-order valence-electron chi connectivity index (χ2n) is 5.97. The average molecular weight is 527 g/mol. The third kappa shape index (κ3) is 7.08.